The summed E-state index contributed by atoms with van der Waals surface area (Å²) in [5, 5.41) is 0.975. The summed E-state index contributed by atoms with van der Waals surface area (Å²) < 4.78 is 16.6. The SMILES string of the molecule is COC(=O)c1cccc(OCC2CCN(c3ccc(CC(=O)c4oc5ccccc5c4C)cn3)CC2)c1. The second-order valence-corrected chi connectivity index (χ2v) is 9.44. The van der Waals surface area contributed by atoms with Crippen LogP contribution in [0.1, 0.15) is 44.9 Å². The van der Waals surface area contributed by atoms with Crippen LogP contribution in [0.3, 0.4) is 0 Å². The van der Waals surface area contributed by atoms with Gasteiger partial charge >= 0.3 is 5.97 Å². The molecule has 0 atom stereocenters. The molecule has 0 unspecified atom stereocenters. The third kappa shape index (κ3) is 5.50. The van der Waals surface area contributed by atoms with Crippen LogP contribution >= 0.6 is 0 Å². The fourth-order valence-electron chi connectivity index (χ4n) is 4.79. The van der Waals surface area contributed by atoms with Crippen LogP contribution in [0.25, 0.3) is 11.0 Å². The van der Waals surface area contributed by atoms with Gasteiger partial charge in [-0.1, -0.05) is 30.3 Å². The molecule has 0 spiro atoms. The van der Waals surface area contributed by atoms with E-state index in [2.05, 4.69) is 9.88 Å². The maximum absolute atomic E-state index is 12.9. The maximum atomic E-state index is 12.9. The highest BCUT2D eigenvalue weighted by atomic mass is 16.5. The van der Waals surface area contributed by atoms with Crippen LogP contribution in [0.4, 0.5) is 5.82 Å². The van der Waals surface area contributed by atoms with E-state index in [1.54, 1.807) is 24.4 Å². The van der Waals surface area contributed by atoms with Gasteiger partial charge in [0, 0.05) is 36.7 Å². The van der Waals surface area contributed by atoms with Gasteiger partial charge in [0.1, 0.15) is 17.2 Å². The number of pyridine rings is 1. The Morgan fingerprint density at radius 1 is 1.05 bits per heavy atom. The highest BCUT2D eigenvalue weighted by molar-refractivity contribution is 6.01. The lowest BCUT2D eigenvalue weighted by molar-refractivity contribution is 0.0600. The van der Waals surface area contributed by atoms with Gasteiger partial charge in [-0.3, -0.25) is 4.79 Å². The normalized spacial score (nSPS) is 14.1. The van der Waals surface area contributed by atoms with Crippen LogP contribution in [0.15, 0.2) is 71.3 Å². The minimum absolute atomic E-state index is 0.0406. The predicted molar refractivity (Wildman–Crippen MR) is 141 cm³/mol. The van der Waals surface area contributed by atoms with Gasteiger partial charge in [0.25, 0.3) is 0 Å². The fraction of sp³-hybridized carbons (Fsp3) is 0.300. The van der Waals surface area contributed by atoms with Crippen molar-refractivity contribution in [3.8, 4) is 5.75 Å². The van der Waals surface area contributed by atoms with Crippen LogP contribution in [-0.4, -0.2) is 43.5 Å². The molecule has 1 saturated heterocycles. The summed E-state index contributed by atoms with van der Waals surface area (Å²) in [5.41, 5.74) is 2.97. The number of ketones is 1. The number of piperidine rings is 1. The van der Waals surface area contributed by atoms with E-state index >= 15 is 0 Å². The number of rotatable bonds is 8. The molecule has 7 nitrogen and oxygen atoms in total. The van der Waals surface area contributed by atoms with Crippen LogP contribution in [0.2, 0.25) is 0 Å². The number of carbonyl (C=O) groups excluding carboxylic acids is 2. The van der Waals surface area contributed by atoms with Crippen molar-refractivity contribution in [3.63, 3.8) is 0 Å². The van der Waals surface area contributed by atoms with Crippen molar-refractivity contribution >= 4 is 28.5 Å². The topological polar surface area (TPSA) is 81.9 Å². The Bertz CT molecular complexity index is 1400. The molecule has 0 amide bonds. The number of fused-ring (bicyclic) bond motifs is 1. The van der Waals surface area contributed by atoms with E-state index in [9.17, 15) is 9.59 Å². The van der Waals surface area contributed by atoms with Crippen LogP contribution in [-0.2, 0) is 11.2 Å². The molecule has 0 radical (unpaired) electrons. The molecule has 0 bridgehead atoms. The number of carbonyl (C=O) groups is 2. The molecule has 0 N–H and O–H groups in total. The molecule has 1 fully saturated rings. The number of methoxy groups -OCH3 is 1. The van der Waals surface area contributed by atoms with Gasteiger partial charge in [-0.2, -0.15) is 0 Å². The second-order valence-electron chi connectivity index (χ2n) is 9.44. The molecule has 2 aromatic heterocycles. The van der Waals surface area contributed by atoms with Crippen molar-refractivity contribution in [2.75, 3.05) is 31.7 Å². The number of hydrogen-bond donors (Lipinski definition) is 0. The molecule has 7 heteroatoms. The van der Waals surface area contributed by atoms with Crippen LogP contribution in [0, 0.1) is 12.8 Å². The average molecular weight is 499 g/mol. The molecule has 5 rings (SSSR count). The summed E-state index contributed by atoms with van der Waals surface area (Å²) in [4.78, 5) is 31.5. The van der Waals surface area contributed by atoms with Gasteiger partial charge in [0.2, 0.25) is 5.78 Å². The monoisotopic (exact) mass is 498 g/mol. The summed E-state index contributed by atoms with van der Waals surface area (Å²) in [5.74, 6) is 2.04. The number of esters is 1. The molecule has 37 heavy (non-hydrogen) atoms. The van der Waals surface area contributed by atoms with Gasteiger partial charge in [0.15, 0.2) is 5.76 Å². The van der Waals surface area contributed by atoms with Gasteiger partial charge in [-0.05, 0) is 61.6 Å². The van der Waals surface area contributed by atoms with Gasteiger partial charge in [0.05, 0.1) is 19.3 Å². The Kier molecular flexibility index (Phi) is 7.21. The highest BCUT2D eigenvalue weighted by Gasteiger charge is 2.22. The summed E-state index contributed by atoms with van der Waals surface area (Å²) in [6.45, 7) is 4.31. The van der Waals surface area contributed by atoms with Gasteiger partial charge in [-0.15, -0.1) is 0 Å². The second kappa shape index (κ2) is 10.9. The number of benzene rings is 2. The first-order valence-corrected chi connectivity index (χ1v) is 12.5. The zero-order chi connectivity index (χ0) is 25.8. The predicted octanol–water partition coefficient (Wildman–Crippen LogP) is 5.64. The summed E-state index contributed by atoms with van der Waals surface area (Å²) in [6, 6.07) is 18.8. The molecule has 4 aromatic rings. The number of aryl methyl sites for hydroxylation is 1. The zero-order valence-corrected chi connectivity index (χ0v) is 21.1. The number of para-hydroxylation sites is 1. The number of furan rings is 1. The number of anilines is 1. The minimum Gasteiger partial charge on any atom is -0.493 e. The minimum atomic E-state index is -0.369. The van der Waals surface area contributed by atoms with Crippen molar-refractivity contribution < 1.29 is 23.5 Å². The molecule has 1 aliphatic heterocycles. The maximum Gasteiger partial charge on any atom is 0.337 e. The van der Waals surface area contributed by atoms with E-state index in [0.717, 1.165) is 53.8 Å². The van der Waals surface area contributed by atoms with Crippen LogP contribution in [0.5, 0.6) is 5.75 Å². The Morgan fingerprint density at radius 3 is 2.59 bits per heavy atom. The number of nitrogens with zero attached hydrogens (tertiary/aromatic N) is 2. The van der Waals surface area contributed by atoms with E-state index in [1.165, 1.54) is 7.11 Å². The largest absolute Gasteiger partial charge is 0.493 e. The van der Waals surface area contributed by atoms with Gasteiger partial charge in [-0.25, -0.2) is 9.78 Å². The van der Waals surface area contributed by atoms with Crippen molar-refractivity contribution in [2.45, 2.75) is 26.2 Å². The van der Waals surface area contributed by atoms with E-state index in [-0.39, 0.29) is 18.2 Å². The lowest BCUT2D eigenvalue weighted by Gasteiger charge is -2.32. The van der Waals surface area contributed by atoms with Gasteiger partial charge < -0.3 is 18.8 Å². The van der Waals surface area contributed by atoms with Crippen molar-refractivity contribution in [3.05, 3.63) is 89.3 Å². The Hall–Kier alpha value is -4.13. The third-order valence-corrected chi connectivity index (χ3v) is 6.95. The third-order valence-electron chi connectivity index (χ3n) is 6.95. The molecule has 0 aliphatic carbocycles. The van der Waals surface area contributed by atoms with E-state index < -0.39 is 0 Å². The summed E-state index contributed by atoms with van der Waals surface area (Å²) in [6.07, 6.45) is 4.02. The molecule has 2 aromatic carbocycles. The van der Waals surface area contributed by atoms with Crippen molar-refractivity contribution in [1.29, 1.82) is 0 Å². The molecule has 190 valence electrons. The quantitative estimate of drug-likeness (QED) is 0.230. The lowest BCUT2D eigenvalue weighted by Crippen LogP contribution is -2.36. The molecule has 3 heterocycles. The molecule has 0 saturated carbocycles. The average Bonchev–Trinajstić information content (AvgIpc) is 3.29. The Morgan fingerprint density at radius 2 is 1.86 bits per heavy atom. The smallest absolute Gasteiger partial charge is 0.337 e. The number of aromatic nitrogens is 1. The zero-order valence-electron chi connectivity index (χ0n) is 21.1. The molecular formula is C30H30N2O5. The van der Waals surface area contributed by atoms with E-state index in [4.69, 9.17) is 13.9 Å². The first-order chi connectivity index (χ1) is 18.0. The number of ether oxygens (including phenoxy) is 2. The number of Topliss-reactive ketones (excluding diaryl/α,β-unsaturated/α-hetero) is 1. The molecular weight excluding hydrogens is 468 g/mol. The standard InChI is InChI=1S/C30H30N2O5/c1-20-25-8-3-4-9-27(25)37-29(20)26(33)16-22-10-11-28(31-18-22)32-14-12-21(13-15-32)19-36-24-7-5-6-23(17-24)30(34)35-2/h3-11,17-18,21H,12-16,19H2,1-2H3. The van der Waals surface area contributed by atoms with Crippen molar-refractivity contribution in [2.24, 2.45) is 5.92 Å². The molecule has 1 aliphatic rings. The highest BCUT2D eigenvalue weighted by Crippen LogP contribution is 2.27. The Balaban J connectivity index is 1.13. The Labute approximate surface area is 216 Å². The van der Waals surface area contributed by atoms with Crippen molar-refractivity contribution in [1.82, 2.24) is 4.98 Å². The van der Waals surface area contributed by atoms with Crippen LogP contribution < -0.4 is 9.64 Å². The summed E-state index contributed by atoms with van der Waals surface area (Å²) in [7, 11) is 1.37. The fourth-order valence-corrected chi connectivity index (χ4v) is 4.79. The number of hydrogen-bond acceptors (Lipinski definition) is 7. The van der Waals surface area contributed by atoms with E-state index in [0.29, 0.717) is 29.6 Å². The first kappa shape index (κ1) is 24.6. The lowest BCUT2D eigenvalue weighted by atomic mass is 9.97. The van der Waals surface area contributed by atoms with E-state index in [1.807, 2.05) is 49.4 Å². The summed E-state index contributed by atoms with van der Waals surface area (Å²) >= 11 is 0. The first-order valence-electron chi connectivity index (χ1n) is 12.5.